The third-order valence-electron chi connectivity index (χ3n) is 7.42. The Hall–Kier alpha value is -2.62. The van der Waals surface area contributed by atoms with E-state index in [2.05, 4.69) is 14.4 Å². The van der Waals surface area contributed by atoms with Gasteiger partial charge in [-0.2, -0.15) is 13.2 Å². The number of aryl methyl sites for hydroxylation is 1. The van der Waals surface area contributed by atoms with Gasteiger partial charge in [0.2, 0.25) is 5.95 Å². The first-order chi connectivity index (χ1) is 17.1. The van der Waals surface area contributed by atoms with Crippen molar-refractivity contribution in [3.8, 4) is 0 Å². The van der Waals surface area contributed by atoms with E-state index in [0.717, 1.165) is 22.3 Å². The van der Waals surface area contributed by atoms with Gasteiger partial charge in [0.15, 0.2) is 4.75 Å². The molecule has 10 heteroatoms. The number of anilines is 1. The Kier molecular flexibility index (Phi) is 5.41. The Morgan fingerprint density at radius 2 is 1.83 bits per heavy atom. The fraction of sp³-hybridized carbons (Fsp3) is 0.346. The molecule has 1 atom stereocenters. The maximum Gasteiger partial charge on any atom is 0.409 e. The van der Waals surface area contributed by atoms with Gasteiger partial charge in [-0.25, -0.2) is 14.4 Å². The number of hydrogen-bond acceptors (Lipinski definition) is 6. The van der Waals surface area contributed by atoms with Gasteiger partial charge in [0, 0.05) is 23.8 Å². The minimum atomic E-state index is -4.51. The van der Waals surface area contributed by atoms with E-state index in [1.165, 1.54) is 6.07 Å². The van der Waals surface area contributed by atoms with Crippen LogP contribution in [0, 0.1) is 13.8 Å². The average molecular weight is 531 g/mol. The lowest BCUT2D eigenvalue weighted by Crippen LogP contribution is -2.60. The molecule has 1 saturated heterocycles. The number of halogens is 4. The normalized spacial score (nSPS) is 22.5. The van der Waals surface area contributed by atoms with Crippen LogP contribution in [-0.2, 0) is 21.7 Å². The Morgan fingerprint density at radius 3 is 2.53 bits per heavy atom. The minimum absolute atomic E-state index is 0.132. The Labute approximate surface area is 215 Å². The lowest BCUT2D eigenvalue weighted by molar-refractivity contribution is -0.159. The molecule has 36 heavy (non-hydrogen) atoms. The number of fused-ring (bicyclic) bond motifs is 2. The average Bonchev–Trinajstić information content (AvgIpc) is 3.45. The van der Waals surface area contributed by atoms with Gasteiger partial charge in [0.25, 0.3) is 0 Å². The molecule has 1 aromatic heterocycles. The van der Waals surface area contributed by atoms with E-state index in [9.17, 15) is 13.2 Å². The van der Waals surface area contributed by atoms with Crippen LogP contribution in [0.1, 0.15) is 39.8 Å². The van der Waals surface area contributed by atoms with Gasteiger partial charge in [0.1, 0.15) is 5.60 Å². The number of hydrogen-bond donors (Lipinski definition) is 0. The van der Waals surface area contributed by atoms with E-state index < -0.39 is 16.5 Å². The lowest BCUT2D eigenvalue weighted by atomic mass is 9.83. The molecule has 1 fully saturated rings. The molecule has 4 heterocycles. The fourth-order valence-corrected chi connectivity index (χ4v) is 6.40. The smallest absolute Gasteiger partial charge is 0.362 e. The van der Waals surface area contributed by atoms with Crippen molar-refractivity contribution in [2.24, 2.45) is 4.40 Å². The monoisotopic (exact) mass is 530 g/mol. The SMILES string of the molecule is Cc1cc(C2(C(F)(F)F)CC(c3ccc4c(c3)COC43CN(c4ncccn4)C3)=NS2)cc(Cl)c1C. The van der Waals surface area contributed by atoms with E-state index in [0.29, 0.717) is 53.9 Å². The molecule has 0 amide bonds. The van der Waals surface area contributed by atoms with Crippen LogP contribution in [0.15, 0.2) is 53.2 Å². The van der Waals surface area contributed by atoms with Crippen LogP contribution in [0.4, 0.5) is 19.1 Å². The highest BCUT2D eigenvalue weighted by Gasteiger charge is 2.60. The second-order valence-corrected chi connectivity index (χ2v) is 11.1. The first-order valence-electron chi connectivity index (χ1n) is 11.5. The van der Waals surface area contributed by atoms with E-state index in [-0.39, 0.29) is 12.0 Å². The summed E-state index contributed by atoms with van der Waals surface area (Å²) in [5.41, 5.74) is 4.35. The molecule has 0 radical (unpaired) electrons. The van der Waals surface area contributed by atoms with Crippen LogP contribution in [0.2, 0.25) is 5.02 Å². The van der Waals surface area contributed by atoms with Crippen LogP contribution in [0.3, 0.4) is 0 Å². The quantitative estimate of drug-likeness (QED) is 0.372. The topological polar surface area (TPSA) is 50.6 Å². The van der Waals surface area contributed by atoms with Gasteiger partial charge in [-0.3, -0.25) is 0 Å². The molecule has 3 aromatic rings. The highest BCUT2D eigenvalue weighted by Crippen LogP contribution is 2.57. The molecule has 1 spiro atoms. The molecule has 6 rings (SSSR count). The highest BCUT2D eigenvalue weighted by atomic mass is 35.5. The van der Waals surface area contributed by atoms with Crippen LogP contribution >= 0.6 is 23.5 Å². The second-order valence-electron chi connectivity index (χ2n) is 9.59. The lowest BCUT2D eigenvalue weighted by Gasteiger charge is -2.47. The molecule has 0 N–H and O–H groups in total. The Balaban J connectivity index is 1.27. The summed E-state index contributed by atoms with van der Waals surface area (Å²) >= 11 is 6.86. The highest BCUT2D eigenvalue weighted by molar-refractivity contribution is 7.99. The van der Waals surface area contributed by atoms with Crippen molar-refractivity contribution in [2.45, 2.75) is 43.4 Å². The molecule has 2 aromatic carbocycles. The molecular formula is C26H22ClF3N4OS. The van der Waals surface area contributed by atoms with Gasteiger partial charge >= 0.3 is 6.18 Å². The molecule has 5 nitrogen and oxygen atoms in total. The van der Waals surface area contributed by atoms with E-state index in [1.807, 2.05) is 23.1 Å². The van der Waals surface area contributed by atoms with Crippen LogP contribution < -0.4 is 4.90 Å². The Morgan fingerprint density at radius 1 is 1.08 bits per heavy atom. The number of benzene rings is 2. The maximum absolute atomic E-state index is 14.5. The van der Waals surface area contributed by atoms with E-state index >= 15 is 0 Å². The van der Waals surface area contributed by atoms with Gasteiger partial charge in [-0.15, -0.1) is 0 Å². The first kappa shape index (κ1) is 23.8. The predicted molar refractivity (Wildman–Crippen MR) is 135 cm³/mol. The summed E-state index contributed by atoms with van der Waals surface area (Å²) in [7, 11) is 0. The van der Waals surface area contributed by atoms with Crippen LogP contribution in [0.5, 0.6) is 0 Å². The van der Waals surface area contributed by atoms with Gasteiger partial charge < -0.3 is 9.64 Å². The van der Waals surface area contributed by atoms with E-state index in [4.69, 9.17) is 16.3 Å². The zero-order valence-electron chi connectivity index (χ0n) is 19.6. The van der Waals surface area contributed by atoms with Crippen molar-refractivity contribution in [2.75, 3.05) is 18.0 Å². The number of ether oxygens (including phenoxy) is 1. The molecule has 3 aliphatic rings. The summed E-state index contributed by atoms with van der Waals surface area (Å²) in [6.07, 6.45) is -1.36. The summed E-state index contributed by atoms with van der Waals surface area (Å²) in [6.45, 7) is 5.25. The molecule has 3 aliphatic heterocycles. The third-order valence-corrected chi connectivity index (χ3v) is 9.04. The fourth-order valence-electron chi connectivity index (χ4n) is 5.17. The molecular weight excluding hydrogens is 509 g/mol. The molecule has 1 unspecified atom stereocenters. The van der Waals surface area contributed by atoms with Crippen molar-refractivity contribution < 1.29 is 17.9 Å². The van der Waals surface area contributed by atoms with Crippen LogP contribution in [0.25, 0.3) is 0 Å². The van der Waals surface area contributed by atoms with Crippen LogP contribution in [-0.4, -0.2) is 34.9 Å². The van der Waals surface area contributed by atoms with Crippen molar-refractivity contribution in [1.82, 2.24) is 9.97 Å². The van der Waals surface area contributed by atoms with E-state index in [1.54, 1.807) is 38.4 Å². The van der Waals surface area contributed by atoms with Gasteiger partial charge in [-0.1, -0.05) is 29.8 Å². The predicted octanol–water partition coefficient (Wildman–Crippen LogP) is 6.29. The number of rotatable bonds is 3. The summed E-state index contributed by atoms with van der Waals surface area (Å²) in [4.78, 5) is 10.6. The Bertz CT molecular complexity index is 1370. The van der Waals surface area contributed by atoms with Crippen molar-refractivity contribution in [1.29, 1.82) is 0 Å². The first-order valence-corrected chi connectivity index (χ1v) is 12.7. The molecule has 0 saturated carbocycles. The summed E-state index contributed by atoms with van der Waals surface area (Å²) in [5, 5.41) is 0.332. The van der Waals surface area contributed by atoms with Crippen molar-refractivity contribution in [3.63, 3.8) is 0 Å². The molecule has 0 aliphatic carbocycles. The summed E-state index contributed by atoms with van der Waals surface area (Å²) < 4.78 is 51.9. The van der Waals surface area contributed by atoms with Gasteiger partial charge in [-0.05, 0) is 77.4 Å². The number of nitrogens with zero attached hydrogens (tertiary/aromatic N) is 4. The second kappa shape index (κ2) is 8.19. The zero-order chi connectivity index (χ0) is 25.3. The maximum atomic E-state index is 14.5. The standard InChI is InChI=1S/C26H22ClF3N4OS/c1-15-8-19(10-21(27)16(15)2)25(26(28,29)30)11-22(33-36-25)17-4-5-20-18(9-17)12-35-24(20)13-34(14-24)23-31-6-3-7-32-23/h3-10H,11-14H2,1-2H3. The van der Waals surface area contributed by atoms with Crippen molar-refractivity contribution in [3.05, 3.63) is 87.2 Å². The minimum Gasteiger partial charge on any atom is -0.362 e. The largest absolute Gasteiger partial charge is 0.409 e. The van der Waals surface area contributed by atoms with Gasteiger partial charge in [0.05, 0.1) is 25.4 Å². The number of alkyl halides is 3. The summed E-state index contributed by atoms with van der Waals surface area (Å²) in [5.74, 6) is 0.657. The molecule has 0 bridgehead atoms. The molecule has 186 valence electrons. The number of aromatic nitrogens is 2. The zero-order valence-corrected chi connectivity index (χ0v) is 21.1. The summed E-state index contributed by atoms with van der Waals surface area (Å²) in [6, 6.07) is 10.5. The van der Waals surface area contributed by atoms with Crippen molar-refractivity contribution >= 4 is 35.2 Å². The third kappa shape index (κ3) is 3.55.